The highest BCUT2D eigenvalue weighted by Gasteiger charge is 2.24. The number of ether oxygens (including phenoxy) is 3. The third-order valence-electron chi connectivity index (χ3n) is 4.86. The average molecular weight is 473 g/mol. The van der Waals surface area contributed by atoms with Crippen LogP contribution in [0.2, 0.25) is 0 Å². The van der Waals surface area contributed by atoms with Gasteiger partial charge in [0.2, 0.25) is 0 Å². The Kier molecular flexibility index (Phi) is 8.12. The molecule has 0 radical (unpaired) electrons. The molecule has 0 bridgehead atoms. The van der Waals surface area contributed by atoms with Crippen molar-refractivity contribution in [2.24, 2.45) is 5.41 Å². The maximum absolute atomic E-state index is 12.5. The summed E-state index contributed by atoms with van der Waals surface area (Å²) in [5.74, 6) is 0.936. The first-order chi connectivity index (χ1) is 16.0. The predicted octanol–water partition coefficient (Wildman–Crippen LogP) is 4.50. The minimum atomic E-state index is -0.988. The lowest BCUT2D eigenvalue weighted by Gasteiger charge is -2.20. The number of carbonyl (C=O) groups excluding carboxylic acids is 1. The van der Waals surface area contributed by atoms with Crippen LogP contribution in [0.1, 0.15) is 47.4 Å². The van der Waals surface area contributed by atoms with Crippen LogP contribution in [-0.2, 0) is 27.4 Å². The maximum Gasteiger partial charge on any atom is 0.412 e. The first-order valence-corrected chi connectivity index (χ1v) is 11.6. The molecule has 9 nitrogen and oxygen atoms in total. The van der Waals surface area contributed by atoms with Crippen LogP contribution in [0.3, 0.4) is 0 Å². The summed E-state index contributed by atoms with van der Waals surface area (Å²) in [4.78, 5) is 21.9. The number of hydrogen-bond acceptors (Lipinski definition) is 7. The molecule has 0 spiro atoms. The number of hydrogen-bond donors (Lipinski definition) is 2. The molecule has 0 atom stereocenters. The second-order valence-corrected chi connectivity index (χ2v) is 10.1. The Balaban J connectivity index is 1.92. The molecule has 2 N–H and O–H groups in total. The number of para-hydroxylation sites is 1. The van der Waals surface area contributed by atoms with Gasteiger partial charge in [-0.3, -0.25) is 5.32 Å². The molecule has 3 rings (SSSR count). The summed E-state index contributed by atoms with van der Waals surface area (Å²) < 4.78 is 18.4. The van der Waals surface area contributed by atoms with Crippen LogP contribution in [0.4, 0.5) is 10.6 Å². The Hall–Kier alpha value is -2.75. The van der Waals surface area contributed by atoms with E-state index in [4.69, 9.17) is 19.2 Å². The van der Waals surface area contributed by atoms with Crippen LogP contribution in [-0.4, -0.2) is 57.8 Å². The van der Waals surface area contributed by atoms with Crippen molar-refractivity contribution in [2.45, 2.75) is 60.3 Å². The van der Waals surface area contributed by atoms with Gasteiger partial charge in [0.1, 0.15) is 24.6 Å². The summed E-state index contributed by atoms with van der Waals surface area (Å²) in [7, 11) is 0. The minimum Gasteiger partial charge on any atom is -0.447 e. The summed E-state index contributed by atoms with van der Waals surface area (Å²) in [6.07, 6.45) is -0.633. The van der Waals surface area contributed by atoms with Crippen molar-refractivity contribution < 1.29 is 24.1 Å². The number of carbonyl (C=O) groups is 1. The molecule has 0 aliphatic carbocycles. The fourth-order valence-electron chi connectivity index (χ4n) is 3.53. The summed E-state index contributed by atoms with van der Waals surface area (Å²) in [6.45, 7) is 13.7. The molecular weight excluding hydrogens is 436 g/mol. The highest BCUT2D eigenvalue weighted by Crippen LogP contribution is 2.31. The van der Waals surface area contributed by atoms with Gasteiger partial charge >= 0.3 is 6.09 Å². The molecule has 0 aliphatic rings. The molecule has 0 aliphatic heterocycles. The van der Waals surface area contributed by atoms with Crippen LogP contribution in [0, 0.1) is 5.41 Å². The van der Waals surface area contributed by atoms with Crippen molar-refractivity contribution >= 4 is 33.8 Å². The van der Waals surface area contributed by atoms with Gasteiger partial charge < -0.3 is 23.9 Å². The van der Waals surface area contributed by atoms with Gasteiger partial charge in [-0.1, -0.05) is 39.0 Å². The fraction of sp³-hybridized carbons (Fsp3) is 0.560. The first-order valence-electron chi connectivity index (χ1n) is 11.6. The summed E-state index contributed by atoms with van der Waals surface area (Å²) in [5, 5.41) is 14.2. The zero-order chi connectivity index (χ0) is 24.9. The smallest absolute Gasteiger partial charge is 0.412 e. The number of amides is 1. The first kappa shape index (κ1) is 25.9. The van der Waals surface area contributed by atoms with Gasteiger partial charge in [0.25, 0.3) is 0 Å². The van der Waals surface area contributed by atoms with Crippen molar-refractivity contribution in [1.29, 1.82) is 0 Å². The average Bonchev–Trinajstić information content (AvgIpc) is 3.08. The summed E-state index contributed by atoms with van der Waals surface area (Å²) in [5.41, 5.74) is 1.03. The van der Waals surface area contributed by atoms with Gasteiger partial charge in [-0.2, -0.15) is 0 Å². The number of anilines is 1. The monoisotopic (exact) mass is 472 g/mol. The third kappa shape index (κ3) is 6.88. The largest absolute Gasteiger partial charge is 0.447 e. The van der Waals surface area contributed by atoms with E-state index < -0.39 is 11.7 Å². The van der Waals surface area contributed by atoms with Gasteiger partial charge in [0, 0.05) is 12.0 Å². The molecule has 0 unspecified atom stereocenters. The quantitative estimate of drug-likeness (QED) is 0.418. The van der Waals surface area contributed by atoms with Crippen LogP contribution in [0.25, 0.3) is 21.9 Å². The van der Waals surface area contributed by atoms with Gasteiger partial charge in [0.15, 0.2) is 5.82 Å². The number of pyridine rings is 1. The van der Waals surface area contributed by atoms with Crippen molar-refractivity contribution in [3.63, 3.8) is 0 Å². The van der Waals surface area contributed by atoms with Gasteiger partial charge in [0.05, 0.1) is 36.4 Å². The van der Waals surface area contributed by atoms with E-state index in [0.29, 0.717) is 49.0 Å². The molecule has 1 amide bonds. The second-order valence-electron chi connectivity index (χ2n) is 10.1. The van der Waals surface area contributed by atoms with Crippen molar-refractivity contribution in [3.05, 3.63) is 30.1 Å². The minimum absolute atomic E-state index is 0.0457. The van der Waals surface area contributed by atoms with Crippen LogP contribution >= 0.6 is 0 Å². The fourth-order valence-corrected chi connectivity index (χ4v) is 3.53. The molecule has 0 fully saturated rings. The normalized spacial score (nSPS) is 12.4. The van der Waals surface area contributed by atoms with E-state index in [-0.39, 0.29) is 18.6 Å². The lowest BCUT2D eigenvalue weighted by Crippen LogP contribution is -2.27. The van der Waals surface area contributed by atoms with Crippen LogP contribution in [0.15, 0.2) is 24.3 Å². The molecule has 9 heteroatoms. The van der Waals surface area contributed by atoms with E-state index in [1.165, 1.54) is 0 Å². The number of aromatic nitrogens is 3. The Morgan fingerprint density at radius 2 is 1.82 bits per heavy atom. The van der Waals surface area contributed by atoms with E-state index in [2.05, 4.69) is 31.1 Å². The lowest BCUT2D eigenvalue weighted by molar-refractivity contribution is 0.0406. The molecule has 0 saturated carbocycles. The zero-order valence-electron chi connectivity index (χ0n) is 21.0. The van der Waals surface area contributed by atoms with E-state index in [1.807, 2.05) is 35.8 Å². The topological polar surface area (TPSA) is 108 Å². The Labute approximate surface area is 200 Å². The van der Waals surface area contributed by atoms with Crippen LogP contribution in [0.5, 0.6) is 0 Å². The third-order valence-corrected chi connectivity index (χ3v) is 4.86. The molecule has 3 aromatic rings. The van der Waals surface area contributed by atoms with Crippen LogP contribution < -0.4 is 5.32 Å². The molecule has 1 aromatic carbocycles. The van der Waals surface area contributed by atoms with Crippen molar-refractivity contribution in [1.82, 2.24) is 14.5 Å². The number of imidazole rings is 1. The SMILES string of the molecule is CCOCc1nc2c(NC(=O)OCCOCC(C)(C)C)nc3ccccc3c2n1CC(C)(C)O. The maximum atomic E-state index is 12.5. The Morgan fingerprint density at radius 1 is 1.09 bits per heavy atom. The lowest BCUT2D eigenvalue weighted by atomic mass is 9.99. The number of nitrogens with zero attached hydrogens (tertiary/aromatic N) is 3. The van der Waals surface area contributed by atoms with Gasteiger partial charge in [-0.15, -0.1) is 0 Å². The Morgan fingerprint density at radius 3 is 2.50 bits per heavy atom. The number of nitrogens with one attached hydrogen (secondary N) is 1. The highest BCUT2D eigenvalue weighted by molar-refractivity contribution is 6.09. The van der Waals surface area contributed by atoms with E-state index in [1.54, 1.807) is 13.8 Å². The summed E-state index contributed by atoms with van der Waals surface area (Å²) in [6, 6.07) is 7.63. The molecule has 34 heavy (non-hydrogen) atoms. The highest BCUT2D eigenvalue weighted by atomic mass is 16.6. The summed E-state index contributed by atoms with van der Waals surface area (Å²) >= 11 is 0. The predicted molar refractivity (Wildman–Crippen MR) is 132 cm³/mol. The second kappa shape index (κ2) is 10.7. The van der Waals surface area contributed by atoms with Crippen molar-refractivity contribution in [2.75, 3.05) is 31.7 Å². The van der Waals surface area contributed by atoms with Gasteiger partial charge in [-0.05, 0) is 32.3 Å². The number of benzene rings is 1. The van der Waals surface area contributed by atoms with Crippen molar-refractivity contribution in [3.8, 4) is 0 Å². The zero-order valence-corrected chi connectivity index (χ0v) is 21.0. The van der Waals surface area contributed by atoms with E-state index in [0.717, 1.165) is 10.9 Å². The Bertz CT molecular complexity index is 1130. The number of fused-ring (bicyclic) bond motifs is 3. The molecule has 186 valence electrons. The molecular formula is C25H36N4O5. The standard InChI is InChI=1S/C25H36N4O5/c1-7-32-14-19-27-20-21(29(19)15-25(5,6)31)17-10-8-9-11-18(17)26-22(20)28-23(30)34-13-12-33-16-24(2,3)4/h8-11,31H,7,12-16H2,1-6H3,(H,26,28,30). The van der Waals surface area contributed by atoms with E-state index >= 15 is 0 Å². The number of aliphatic hydroxyl groups is 1. The van der Waals surface area contributed by atoms with Gasteiger partial charge in [-0.25, -0.2) is 14.8 Å². The molecule has 2 heterocycles. The molecule has 0 saturated heterocycles. The number of rotatable bonds is 10. The van der Waals surface area contributed by atoms with E-state index in [9.17, 15) is 9.90 Å². The molecule has 2 aromatic heterocycles.